The molecule has 0 spiro atoms. The normalized spacial score (nSPS) is 9.40. The standard InChI is InChI=1S/C7H9FN2/c1-2-9-7-6(8)4-3-5-10-7/h3-5H,2H2,1H3,(H,9,10). The maximum Gasteiger partial charge on any atom is 0.165 e. The van der Waals surface area contributed by atoms with E-state index in [9.17, 15) is 4.39 Å². The summed E-state index contributed by atoms with van der Waals surface area (Å²) in [4.78, 5) is 3.78. The Morgan fingerprint density at radius 2 is 2.50 bits per heavy atom. The van der Waals surface area contributed by atoms with Crippen LogP contribution in [0.2, 0.25) is 0 Å². The number of nitrogens with zero attached hydrogens (tertiary/aromatic N) is 1. The Bertz CT molecular complexity index is 213. The second kappa shape index (κ2) is 3.15. The van der Waals surface area contributed by atoms with Crippen LogP contribution in [0.5, 0.6) is 0 Å². The molecule has 0 amide bonds. The number of hydrogen-bond donors (Lipinski definition) is 1. The number of aromatic nitrogens is 1. The van der Waals surface area contributed by atoms with Gasteiger partial charge in [0.1, 0.15) is 0 Å². The molecule has 0 unspecified atom stereocenters. The van der Waals surface area contributed by atoms with Crippen LogP contribution in [0, 0.1) is 5.82 Å². The molecule has 0 aliphatic carbocycles. The Labute approximate surface area is 59.1 Å². The van der Waals surface area contributed by atoms with Crippen molar-refractivity contribution in [3.8, 4) is 0 Å². The van der Waals surface area contributed by atoms with Gasteiger partial charge in [-0.3, -0.25) is 0 Å². The molecule has 0 bridgehead atoms. The Morgan fingerprint density at radius 3 is 3.10 bits per heavy atom. The lowest BCUT2D eigenvalue weighted by atomic mass is 10.4. The lowest BCUT2D eigenvalue weighted by Crippen LogP contribution is -2.00. The fourth-order valence-electron chi connectivity index (χ4n) is 0.683. The van der Waals surface area contributed by atoms with Gasteiger partial charge in [0.15, 0.2) is 11.6 Å². The van der Waals surface area contributed by atoms with Gasteiger partial charge in [-0.2, -0.15) is 0 Å². The molecule has 2 nitrogen and oxygen atoms in total. The molecule has 0 saturated heterocycles. The minimum absolute atomic E-state index is 0.302. The topological polar surface area (TPSA) is 24.9 Å². The summed E-state index contributed by atoms with van der Waals surface area (Å²) in [6.07, 6.45) is 1.56. The predicted molar refractivity (Wildman–Crippen MR) is 38.4 cm³/mol. The minimum Gasteiger partial charge on any atom is -0.368 e. The summed E-state index contributed by atoms with van der Waals surface area (Å²) < 4.78 is 12.7. The molecule has 10 heavy (non-hydrogen) atoms. The van der Waals surface area contributed by atoms with E-state index in [1.807, 2.05) is 6.92 Å². The highest BCUT2D eigenvalue weighted by Crippen LogP contribution is 2.06. The van der Waals surface area contributed by atoms with Crippen LogP contribution in [0.15, 0.2) is 18.3 Å². The zero-order valence-electron chi connectivity index (χ0n) is 5.76. The first-order valence-electron chi connectivity index (χ1n) is 3.19. The third kappa shape index (κ3) is 1.43. The van der Waals surface area contributed by atoms with E-state index in [2.05, 4.69) is 10.3 Å². The van der Waals surface area contributed by atoms with Crippen molar-refractivity contribution in [1.29, 1.82) is 0 Å². The highest BCUT2D eigenvalue weighted by molar-refractivity contribution is 5.34. The van der Waals surface area contributed by atoms with Crippen molar-refractivity contribution in [3.05, 3.63) is 24.1 Å². The fraction of sp³-hybridized carbons (Fsp3) is 0.286. The van der Waals surface area contributed by atoms with Crippen molar-refractivity contribution < 1.29 is 4.39 Å². The van der Waals surface area contributed by atoms with Crippen molar-refractivity contribution in [2.45, 2.75) is 6.92 Å². The molecule has 1 aromatic heterocycles. The molecule has 0 atom stereocenters. The number of nitrogens with one attached hydrogen (secondary N) is 1. The van der Waals surface area contributed by atoms with Crippen molar-refractivity contribution in [1.82, 2.24) is 4.98 Å². The molecule has 0 aliphatic heterocycles. The molecular formula is C7H9FN2. The van der Waals surface area contributed by atoms with Gasteiger partial charge >= 0.3 is 0 Å². The van der Waals surface area contributed by atoms with E-state index in [1.54, 1.807) is 12.3 Å². The van der Waals surface area contributed by atoms with Gasteiger partial charge in [-0.1, -0.05) is 0 Å². The van der Waals surface area contributed by atoms with Gasteiger partial charge < -0.3 is 5.32 Å². The summed E-state index contributed by atoms with van der Waals surface area (Å²) in [6, 6.07) is 2.95. The van der Waals surface area contributed by atoms with E-state index >= 15 is 0 Å². The molecule has 1 heterocycles. The number of rotatable bonds is 2. The van der Waals surface area contributed by atoms with E-state index in [0.717, 1.165) is 0 Å². The zero-order chi connectivity index (χ0) is 7.40. The van der Waals surface area contributed by atoms with Crippen LogP contribution in [0.25, 0.3) is 0 Å². The van der Waals surface area contributed by atoms with Crippen molar-refractivity contribution in [3.63, 3.8) is 0 Å². The third-order valence-corrected chi connectivity index (χ3v) is 1.10. The highest BCUT2D eigenvalue weighted by atomic mass is 19.1. The van der Waals surface area contributed by atoms with Crippen molar-refractivity contribution in [2.24, 2.45) is 0 Å². The number of anilines is 1. The lowest BCUT2D eigenvalue weighted by molar-refractivity contribution is 0.625. The first kappa shape index (κ1) is 6.99. The van der Waals surface area contributed by atoms with E-state index in [-0.39, 0.29) is 5.82 Å². The molecule has 0 aliphatic rings. The van der Waals surface area contributed by atoms with Crippen LogP contribution >= 0.6 is 0 Å². The van der Waals surface area contributed by atoms with Gasteiger partial charge in [0.25, 0.3) is 0 Å². The molecule has 1 aromatic rings. The van der Waals surface area contributed by atoms with Gasteiger partial charge in [-0.15, -0.1) is 0 Å². The molecule has 0 fully saturated rings. The molecule has 0 aromatic carbocycles. The molecule has 1 rings (SSSR count). The molecule has 3 heteroatoms. The first-order chi connectivity index (χ1) is 4.84. The van der Waals surface area contributed by atoms with E-state index in [4.69, 9.17) is 0 Å². The first-order valence-corrected chi connectivity index (χ1v) is 3.19. The molecular weight excluding hydrogens is 131 g/mol. The quantitative estimate of drug-likeness (QED) is 0.675. The summed E-state index contributed by atoms with van der Waals surface area (Å²) in [5.41, 5.74) is 0. The second-order valence-electron chi connectivity index (χ2n) is 1.86. The van der Waals surface area contributed by atoms with E-state index < -0.39 is 0 Å². The summed E-state index contributed by atoms with van der Waals surface area (Å²) in [7, 11) is 0. The van der Waals surface area contributed by atoms with Gasteiger partial charge in [-0.05, 0) is 19.1 Å². The van der Waals surface area contributed by atoms with Crippen LogP contribution in [0.1, 0.15) is 6.92 Å². The van der Waals surface area contributed by atoms with Gasteiger partial charge in [0.05, 0.1) is 0 Å². The Balaban J connectivity index is 2.81. The Kier molecular flexibility index (Phi) is 2.20. The SMILES string of the molecule is CCNc1ncccc1F. The molecule has 0 radical (unpaired) electrons. The summed E-state index contributed by atoms with van der Waals surface area (Å²) in [5.74, 6) is 0.0225. The van der Waals surface area contributed by atoms with Crippen molar-refractivity contribution >= 4 is 5.82 Å². The fourth-order valence-corrected chi connectivity index (χ4v) is 0.683. The lowest BCUT2D eigenvalue weighted by Gasteiger charge is -2.00. The van der Waals surface area contributed by atoms with Gasteiger partial charge in [0.2, 0.25) is 0 Å². The maximum absolute atomic E-state index is 12.7. The number of pyridine rings is 1. The smallest absolute Gasteiger partial charge is 0.165 e. The number of hydrogen-bond acceptors (Lipinski definition) is 2. The van der Waals surface area contributed by atoms with E-state index in [1.165, 1.54) is 6.07 Å². The number of halogens is 1. The molecule has 0 saturated carbocycles. The summed E-state index contributed by atoms with van der Waals surface area (Å²) >= 11 is 0. The van der Waals surface area contributed by atoms with Gasteiger partial charge in [0, 0.05) is 12.7 Å². The van der Waals surface area contributed by atoms with Crippen molar-refractivity contribution in [2.75, 3.05) is 11.9 Å². The van der Waals surface area contributed by atoms with E-state index in [0.29, 0.717) is 12.4 Å². The van der Waals surface area contributed by atoms with Gasteiger partial charge in [-0.25, -0.2) is 9.37 Å². The molecule has 54 valence electrons. The zero-order valence-corrected chi connectivity index (χ0v) is 5.76. The average Bonchev–Trinajstić information content (AvgIpc) is 1.94. The Hall–Kier alpha value is -1.12. The van der Waals surface area contributed by atoms with Crippen LogP contribution in [-0.2, 0) is 0 Å². The third-order valence-electron chi connectivity index (χ3n) is 1.10. The van der Waals surface area contributed by atoms with Crippen LogP contribution in [0.3, 0.4) is 0 Å². The maximum atomic E-state index is 12.7. The monoisotopic (exact) mass is 140 g/mol. The predicted octanol–water partition coefficient (Wildman–Crippen LogP) is 1.65. The summed E-state index contributed by atoms with van der Waals surface area (Å²) in [5, 5.41) is 2.79. The average molecular weight is 140 g/mol. The second-order valence-corrected chi connectivity index (χ2v) is 1.86. The highest BCUT2D eigenvalue weighted by Gasteiger charge is 1.97. The van der Waals surface area contributed by atoms with Crippen LogP contribution in [-0.4, -0.2) is 11.5 Å². The minimum atomic E-state index is -0.302. The summed E-state index contributed by atoms with van der Waals surface area (Å²) in [6.45, 7) is 2.59. The van der Waals surface area contributed by atoms with Crippen LogP contribution in [0.4, 0.5) is 10.2 Å². The molecule has 1 N–H and O–H groups in total. The largest absolute Gasteiger partial charge is 0.368 e. The van der Waals surface area contributed by atoms with Crippen LogP contribution < -0.4 is 5.32 Å². The Morgan fingerprint density at radius 1 is 1.70 bits per heavy atom.